The van der Waals surface area contributed by atoms with Gasteiger partial charge in [-0.15, -0.1) is 11.3 Å². The van der Waals surface area contributed by atoms with E-state index in [9.17, 15) is 0 Å². The van der Waals surface area contributed by atoms with E-state index in [1.807, 2.05) is 0 Å². The summed E-state index contributed by atoms with van der Waals surface area (Å²) in [7, 11) is 0. The van der Waals surface area contributed by atoms with E-state index >= 15 is 0 Å². The van der Waals surface area contributed by atoms with Crippen molar-refractivity contribution in [3.63, 3.8) is 0 Å². The molecule has 0 saturated carbocycles. The number of hydrogen-bond donors (Lipinski definition) is 1. The van der Waals surface area contributed by atoms with Gasteiger partial charge >= 0.3 is 0 Å². The summed E-state index contributed by atoms with van der Waals surface area (Å²) < 4.78 is 1.27. The van der Waals surface area contributed by atoms with Crippen LogP contribution in [0.15, 0.2) is 29.6 Å². The topological polar surface area (TPSA) is 24.9 Å². The number of nitrogens with one attached hydrogen (secondary N) is 1. The standard InChI is InChI=1S/C17H23IN2S/c1-5-19-14(12-6-8-13(18)9-7-12)10-16-20-15(11-21-16)17(2,3)4/h6-9,11,14,19H,5,10H2,1-4H3. The van der Waals surface area contributed by atoms with Gasteiger partial charge in [-0.25, -0.2) is 4.98 Å². The highest BCUT2D eigenvalue weighted by atomic mass is 127. The highest BCUT2D eigenvalue weighted by molar-refractivity contribution is 14.1. The van der Waals surface area contributed by atoms with E-state index in [1.165, 1.54) is 19.8 Å². The first-order valence-corrected chi connectivity index (χ1v) is 9.29. The van der Waals surface area contributed by atoms with E-state index in [4.69, 9.17) is 4.98 Å². The van der Waals surface area contributed by atoms with Crippen molar-refractivity contribution in [1.82, 2.24) is 10.3 Å². The van der Waals surface area contributed by atoms with Crippen molar-refractivity contribution in [2.75, 3.05) is 6.54 Å². The molecule has 0 aliphatic carbocycles. The third-order valence-electron chi connectivity index (χ3n) is 3.42. The van der Waals surface area contributed by atoms with Gasteiger partial charge in [-0.05, 0) is 46.8 Å². The Balaban J connectivity index is 2.16. The fraction of sp³-hybridized carbons (Fsp3) is 0.471. The molecule has 114 valence electrons. The lowest BCUT2D eigenvalue weighted by atomic mass is 9.93. The molecule has 0 spiro atoms. The van der Waals surface area contributed by atoms with Crippen LogP contribution in [-0.4, -0.2) is 11.5 Å². The Morgan fingerprint density at radius 2 is 1.90 bits per heavy atom. The van der Waals surface area contributed by atoms with Crippen LogP contribution in [0.1, 0.15) is 50.0 Å². The zero-order valence-corrected chi connectivity index (χ0v) is 16.1. The van der Waals surface area contributed by atoms with Crippen LogP contribution in [0.2, 0.25) is 0 Å². The number of halogens is 1. The molecule has 1 heterocycles. The van der Waals surface area contributed by atoms with Gasteiger partial charge in [0.2, 0.25) is 0 Å². The van der Waals surface area contributed by atoms with Gasteiger partial charge in [0, 0.05) is 26.8 Å². The second kappa shape index (κ2) is 7.20. The molecule has 1 unspecified atom stereocenters. The van der Waals surface area contributed by atoms with E-state index in [0.29, 0.717) is 6.04 Å². The van der Waals surface area contributed by atoms with E-state index in [-0.39, 0.29) is 5.41 Å². The van der Waals surface area contributed by atoms with E-state index < -0.39 is 0 Å². The van der Waals surface area contributed by atoms with Crippen molar-refractivity contribution in [3.8, 4) is 0 Å². The number of benzene rings is 1. The van der Waals surface area contributed by atoms with Crippen LogP contribution in [0.3, 0.4) is 0 Å². The average Bonchev–Trinajstić information content (AvgIpc) is 2.88. The summed E-state index contributed by atoms with van der Waals surface area (Å²) in [5, 5.41) is 6.99. The van der Waals surface area contributed by atoms with Crippen LogP contribution in [0.4, 0.5) is 0 Å². The van der Waals surface area contributed by atoms with Crippen molar-refractivity contribution in [3.05, 3.63) is 49.5 Å². The maximum absolute atomic E-state index is 4.82. The summed E-state index contributed by atoms with van der Waals surface area (Å²) >= 11 is 4.12. The summed E-state index contributed by atoms with van der Waals surface area (Å²) in [6.07, 6.45) is 0.954. The summed E-state index contributed by atoms with van der Waals surface area (Å²) in [4.78, 5) is 4.82. The minimum Gasteiger partial charge on any atom is -0.310 e. The van der Waals surface area contributed by atoms with Crippen molar-refractivity contribution in [2.24, 2.45) is 0 Å². The molecule has 21 heavy (non-hydrogen) atoms. The molecule has 0 amide bonds. The highest BCUT2D eigenvalue weighted by Crippen LogP contribution is 2.27. The van der Waals surface area contributed by atoms with Gasteiger partial charge < -0.3 is 5.32 Å². The Labute approximate surface area is 145 Å². The molecule has 0 fully saturated rings. The van der Waals surface area contributed by atoms with E-state index in [0.717, 1.165) is 13.0 Å². The summed E-state index contributed by atoms with van der Waals surface area (Å²) in [5.74, 6) is 0. The molecule has 1 aromatic heterocycles. The van der Waals surface area contributed by atoms with Gasteiger partial charge in [-0.2, -0.15) is 0 Å². The minimum absolute atomic E-state index is 0.130. The molecule has 0 bridgehead atoms. The van der Waals surface area contributed by atoms with Crippen LogP contribution >= 0.6 is 33.9 Å². The quantitative estimate of drug-likeness (QED) is 0.702. The van der Waals surface area contributed by atoms with Crippen LogP contribution < -0.4 is 5.32 Å². The van der Waals surface area contributed by atoms with Gasteiger partial charge in [0.05, 0.1) is 10.7 Å². The van der Waals surface area contributed by atoms with Gasteiger partial charge in [0.25, 0.3) is 0 Å². The SMILES string of the molecule is CCNC(Cc1nc(C(C)(C)C)cs1)c1ccc(I)cc1. The Hall–Kier alpha value is -0.460. The first kappa shape index (κ1) is 16.9. The van der Waals surface area contributed by atoms with Crippen molar-refractivity contribution < 1.29 is 0 Å². The molecular formula is C17H23IN2S. The predicted molar refractivity (Wildman–Crippen MR) is 100 cm³/mol. The smallest absolute Gasteiger partial charge is 0.0947 e. The maximum atomic E-state index is 4.82. The monoisotopic (exact) mass is 414 g/mol. The Kier molecular flexibility index (Phi) is 5.80. The fourth-order valence-electron chi connectivity index (χ4n) is 2.17. The highest BCUT2D eigenvalue weighted by Gasteiger charge is 2.19. The molecule has 0 aliphatic rings. The molecule has 2 aromatic rings. The van der Waals surface area contributed by atoms with Gasteiger partial charge in [-0.3, -0.25) is 0 Å². The first-order chi connectivity index (χ1) is 9.90. The van der Waals surface area contributed by atoms with E-state index in [1.54, 1.807) is 11.3 Å². The van der Waals surface area contributed by atoms with Gasteiger partial charge in [0.15, 0.2) is 0 Å². The normalized spacial score (nSPS) is 13.4. The molecule has 1 aromatic carbocycles. The van der Waals surface area contributed by atoms with Gasteiger partial charge in [0.1, 0.15) is 0 Å². The number of hydrogen-bond acceptors (Lipinski definition) is 3. The molecule has 2 nitrogen and oxygen atoms in total. The predicted octanol–water partition coefficient (Wildman–Crippen LogP) is 4.94. The molecule has 0 radical (unpaired) electrons. The Bertz CT molecular complexity index is 569. The third kappa shape index (κ3) is 4.76. The van der Waals surface area contributed by atoms with E-state index in [2.05, 4.69) is 85.2 Å². The lowest BCUT2D eigenvalue weighted by Gasteiger charge is -2.18. The van der Waals surface area contributed by atoms with Gasteiger partial charge in [-0.1, -0.05) is 39.8 Å². The largest absolute Gasteiger partial charge is 0.310 e. The van der Waals surface area contributed by atoms with Crippen LogP contribution in [-0.2, 0) is 11.8 Å². The zero-order chi connectivity index (χ0) is 15.5. The average molecular weight is 414 g/mol. The zero-order valence-electron chi connectivity index (χ0n) is 13.1. The number of thiazole rings is 1. The molecule has 1 atom stereocenters. The second-order valence-corrected chi connectivity index (χ2v) is 8.43. The maximum Gasteiger partial charge on any atom is 0.0947 e. The lowest BCUT2D eigenvalue weighted by Crippen LogP contribution is -2.23. The molecule has 1 N–H and O–H groups in total. The van der Waals surface area contributed by atoms with Crippen molar-refractivity contribution in [1.29, 1.82) is 0 Å². The van der Waals surface area contributed by atoms with Crippen molar-refractivity contribution >= 4 is 33.9 Å². The molecule has 4 heteroatoms. The van der Waals surface area contributed by atoms with Crippen LogP contribution in [0.5, 0.6) is 0 Å². The summed E-state index contributed by atoms with van der Waals surface area (Å²) in [5.41, 5.74) is 2.66. The van der Waals surface area contributed by atoms with Crippen LogP contribution in [0, 0.1) is 3.57 Å². The molecule has 0 aliphatic heterocycles. The molecule has 0 saturated heterocycles. The molecular weight excluding hydrogens is 391 g/mol. The summed E-state index contributed by atoms with van der Waals surface area (Å²) in [6.45, 7) is 9.77. The third-order valence-corrected chi connectivity index (χ3v) is 5.01. The Morgan fingerprint density at radius 1 is 1.24 bits per heavy atom. The summed E-state index contributed by atoms with van der Waals surface area (Å²) in [6, 6.07) is 9.11. The Morgan fingerprint density at radius 3 is 2.43 bits per heavy atom. The number of aromatic nitrogens is 1. The number of nitrogens with zero attached hydrogens (tertiary/aromatic N) is 1. The number of likely N-dealkylation sites (N-methyl/N-ethyl adjacent to an activating group) is 1. The lowest BCUT2D eigenvalue weighted by molar-refractivity contribution is 0.539. The molecule has 2 rings (SSSR count). The number of rotatable bonds is 5. The minimum atomic E-state index is 0.130. The first-order valence-electron chi connectivity index (χ1n) is 7.34. The van der Waals surface area contributed by atoms with Crippen LogP contribution in [0.25, 0.3) is 0 Å². The fourth-order valence-corrected chi connectivity index (χ4v) is 3.60. The van der Waals surface area contributed by atoms with Crippen molar-refractivity contribution in [2.45, 2.75) is 45.6 Å². The second-order valence-electron chi connectivity index (χ2n) is 6.24.